The number of benzene rings is 1. The summed E-state index contributed by atoms with van der Waals surface area (Å²) in [5, 5.41) is 3.03. The van der Waals surface area contributed by atoms with E-state index in [1.165, 1.54) is 12.1 Å². The van der Waals surface area contributed by atoms with Gasteiger partial charge >= 0.3 is 0 Å². The molecule has 0 saturated heterocycles. The van der Waals surface area contributed by atoms with Gasteiger partial charge in [-0.3, -0.25) is 4.39 Å². The number of hydrogen-bond donors (Lipinski definition) is 1. The van der Waals surface area contributed by atoms with Gasteiger partial charge in [0.2, 0.25) is 0 Å². The zero-order valence-electron chi connectivity index (χ0n) is 7.69. The Morgan fingerprint density at radius 2 is 2.14 bits per heavy atom. The summed E-state index contributed by atoms with van der Waals surface area (Å²) in [7, 11) is 0. The van der Waals surface area contributed by atoms with E-state index < -0.39 is 0 Å². The molecule has 0 aromatic heterocycles. The van der Waals surface area contributed by atoms with Crippen LogP contribution in [0.3, 0.4) is 0 Å². The highest BCUT2D eigenvalue weighted by molar-refractivity contribution is 9.10. The van der Waals surface area contributed by atoms with E-state index in [2.05, 4.69) is 21.2 Å². The molecule has 0 bridgehead atoms. The van der Waals surface area contributed by atoms with Crippen LogP contribution in [-0.4, -0.2) is 13.2 Å². The maximum Gasteiger partial charge on any atom is 0.123 e. The van der Waals surface area contributed by atoms with E-state index >= 15 is 0 Å². The molecule has 0 aliphatic heterocycles. The topological polar surface area (TPSA) is 12.0 Å². The summed E-state index contributed by atoms with van der Waals surface area (Å²) in [6.07, 6.45) is 0.493. The van der Waals surface area contributed by atoms with Crippen LogP contribution in [0.2, 0.25) is 0 Å². The van der Waals surface area contributed by atoms with Crippen molar-refractivity contribution in [1.82, 2.24) is 5.32 Å². The average Bonchev–Trinajstić information content (AvgIpc) is 2.18. The molecule has 0 unspecified atom stereocenters. The molecule has 0 spiro atoms. The minimum Gasteiger partial charge on any atom is -0.313 e. The molecule has 0 amide bonds. The molecule has 1 N–H and O–H groups in total. The van der Waals surface area contributed by atoms with Gasteiger partial charge in [-0.05, 0) is 36.7 Å². The number of rotatable bonds is 5. The van der Waals surface area contributed by atoms with Crippen molar-refractivity contribution < 1.29 is 8.78 Å². The van der Waals surface area contributed by atoms with Crippen molar-refractivity contribution in [2.45, 2.75) is 13.0 Å². The van der Waals surface area contributed by atoms with Crippen molar-refractivity contribution in [3.05, 3.63) is 34.1 Å². The van der Waals surface area contributed by atoms with E-state index in [0.717, 1.165) is 10.0 Å². The monoisotopic (exact) mass is 263 g/mol. The normalized spacial score (nSPS) is 10.5. The van der Waals surface area contributed by atoms with E-state index in [9.17, 15) is 8.78 Å². The first-order valence-corrected chi connectivity index (χ1v) is 5.24. The molecule has 0 aliphatic rings. The number of nitrogens with one attached hydrogen (secondary N) is 1. The SMILES string of the molecule is FCCCNCc1cc(F)ccc1Br. The lowest BCUT2D eigenvalue weighted by atomic mass is 10.2. The Labute approximate surface area is 90.6 Å². The van der Waals surface area contributed by atoms with Crippen molar-refractivity contribution in [3.8, 4) is 0 Å². The second kappa shape index (κ2) is 6.09. The fourth-order valence-electron chi connectivity index (χ4n) is 1.09. The van der Waals surface area contributed by atoms with Gasteiger partial charge in [0.1, 0.15) is 5.82 Å². The molecule has 4 heteroatoms. The van der Waals surface area contributed by atoms with E-state index in [1.807, 2.05) is 0 Å². The van der Waals surface area contributed by atoms with Gasteiger partial charge in [-0.1, -0.05) is 15.9 Å². The first kappa shape index (κ1) is 11.6. The van der Waals surface area contributed by atoms with Gasteiger partial charge in [-0.25, -0.2) is 4.39 Å². The summed E-state index contributed by atoms with van der Waals surface area (Å²) in [5.74, 6) is -0.254. The highest BCUT2D eigenvalue weighted by Crippen LogP contribution is 2.17. The van der Waals surface area contributed by atoms with E-state index in [-0.39, 0.29) is 12.5 Å². The molecular formula is C10H12BrF2N. The van der Waals surface area contributed by atoms with Gasteiger partial charge < -0.3 is 5.32 Å². The average molecular weight is 264 g/mol. The van der Waals surface area contributed by atoms with Crippen molar-refractivity contribution in [2.75, 3.05) is 13.2 Å². The van der Waals surface area contributed by atoms with Crippen LogP contribution in [0.15, 0.2) is 22.7 Å². The van der Waals surface area contributed by atoms with Gasteiger partial charge in [0.15, 0.2) is 0 Å². The molecule has 0 saturated carbocycles. The highest BCUT2D eigenvalue weighted by atomic mass is 79.9. The Kier molecular flexibility index (Phi) is 5.04. The van der Waals surface area contributed by atoms with Crippen LogP contribution in [0.1, 0.15) is 12.0 Å². The van der Waals surface area contributed by atoms with Gasteiger partial charge in [0.25, 0.3) is 0 Å². The molecule has 1 aromatic carbocycles. The molecule has 1 nitrogen and oxygen atoms in total. The van der Waals surface area contributed by atoms with Gasteiger partial charge in [-0.15, -0.1) is 0 Å². The maximum atomic E-state index is 12.8. The summed E-state index contributed by atoms with van der Waals surface area (Å²) in [6.45, 7) is 0.842. The molecule has 1 aromatic rings. The van der Waals surface area contributed by atoms with Crippen LogP contribution in [0, 0.1) is 5.82 Å². The van der Waals surface area contributed by atoms with E-state index in [0.29, 0.717) is 19.5 Å². The molecule has 0 aliphatic carbocycles. The van der Waals surface area contributed by atoms with Crippen LogP contribution in [0.5, 0.6) is 0 Å². The first-order valence-electron chi connectivity index (χ1n) is 4.44. The molecule has 78 valence electrons. The maximum absolute atomic E-state index is 12.8. The zero-order valence-corrected chi connectivity index (χ0v) is 9.28. The number of hydrogen-bond acceptors (Lipinski definition) is 1. The van der Waals surface area contributed by atoms with Gasteiger partial charge in [0.05, 0.1) is 6.67 Å². The molecule has 14 heavy (non-hydrogen) atoms. The Morgan fingerprint density at radius 1 is 1.36 bits per heavy atom. The largest absolute Gasteiger partial charge is 0.313 e. The van der Waals surface area contributed by atoms with Crippen LogP contribution in [0.4, 0.5) is 8.78 Å². The van der Waals surface area contributed by atoms with Crippen molar-refractivity contribution in [2.24, 2.45) is 0 Å². The minimum atomic E-state index is -0.322. The van der Waals surface area contributed by atoms with Gasteiger partial charge in [0, 0.05) is 11.0 Å². The predicted molar refractivity (Wildman–Crippen MR) is 56.4 cm³/mol. The van der Waals surface area contributed by atoms with Crippen LogP contribution >= 0.6 is 15.9 Å². The Hall–Kier alpha value is -0.480. The van der Waals surface area contributed by atoms with Crippen LogP contribution in [-0.2, 0) is 6.54 Å². The fourth-order valence-corrected chi connectivity index (χ4v) is 1.48. The van der Waals surface area contributed by atoms with E-state index in [1.54, 1.807) is 6.07 Å². The smallest absolute Gasteiger partial charge is 0.123 e. The Morgan fingerprint density at radius 3 is 2.86 bits per heavy atom. The Balaban J connectivity index is 2.45. The van der Waals surface area contributed by atoms with Crippen molar-refractivity contribution in [3.63, 3.8) is 0 Å². The van der Waals surface area contributed by atoms with Gasteiger partial charge in [-0.2, -0.15) is 0 Å². The lowest BCUT2D eigenvalue weighted by Gasteiger charge is -2.05. The van der Waals surface area contributed by atoms with Crippen LogP contribution in [0.25, 0.3) is 0 Å². The molecule has 0 heterocycles. The molecule has 0 atom stereocenters. The Bertz CT molecular complexity index is 291. The third kappa shape index (κ3) is 3.72. The lowest BCUT2D eigenvalue weighted by molar-refractivity contribution is 0.459. The number of alkyl halides is 1. The standard InChI is InChI=1S/C10H12BrF2N/c11-10-3-2-9(13)6-8(10)7-14-5-1-4-12/h2-3,6,14H,1,4-5,7H2. The second-order valence-corrected chi connectivity index (χ2v) is 3.81. The molecular weight excluding hydrogens is 252 g/mol. The van der Waals surface area contributed by atoms with Crippen molar-refractivity contribution >= 4 is 15.9 Å². The summed E-state index contributed by atoms with van der Waals surface area (Å²) in [4.78, 5) is 0. The van der Waals surface area contributed by atoms with E-state index in [4.69, 9.17) is 0 Å². The molecule has 0 radical (unpaired) electrons. The zero-order chi connectivity index (χ0) is 10.4. The summed E-state index contributed by atoms with van der Waals surface area (Å²) in [6, 6.07) is 4.53. The lowest BCUT2D eigenvalue weighted by Crippen LogP contribution is -2.15. The quantitative estimate of drug-likeness (QED) is 0.806. The molecule has 1 rings (SSSR count). The molecule has 0 fully saturated rings. The fraction of sp³-hybridized carbons (Fsp3) is 0.400. The third-order valence-electron chi connectivity index (χ3n) is 1.81. The third-order valence-corrected chi connectivity index (χ3v) is 2.58. The number of halogens is 3. The summed E-state index contributed by atoms with van der Waals surface area (Å²) >= 11 is 3.32. The van der Waals surface area contributed by atoms with Crippen molar-refractivity contribution in [1.29, 1.82) is 0 Å². The second-order valence-electron chi connectivity index (χ2n) is 2.96. The summed E-state index contributed by atoms with van der Waals surface area (Å²) in [5.41, 5.74) is 0.851. The summed E-state index contributed by atoms with van der Waals surface area (Å²) < 4.78 is 25.4. The highest BCUT2D eigenvalue weighted by Gasteiger charge is 2.00. The first-order chi connectivity index (χ1) is 6.74. The van der Waals surface area contributed by atoms with Crippen LogP contribution < -0.4 is 5.32 Å². The predicted octanol–water partition coefficient (Wildman–Crippen LogP) is 3.04. The minimum absolute atomic E-state index is 0.254.